The largest absolute Gasteiger partial charge is 0.301 e. The van der Waals surface area contributed by atoms with Gasteiger partial charge in [-0.3, -0.25) is 4.90 Å². The van der Waals surface area contributed by atoms with Crippen molar-refractivity contribution in [3.05, 3.63) is 0 Å². The van der Waals surface area contributed by atoms with Gasteiger partial charge >= 0.3 is 0 Å². The lowest BCUT2D eigenvalue weighted by molar-refractivity contribution is 0.0621. The summed E-state index contributed by atoms with van der Waals surface area (Å²) < 4.78 is 0. The van der Waals surface area contributed by atoms with E-state index in [4.69, 9.17) is 6.42 Å². The summed E-state index contributed by atoms with van der Waals surface area (Å²) in [6.45, 7) is 12.8. The van der Waals surface area contributed by atoms with E-state index in [9.17, 15) is 0 Å². The molecule has 1 rings (SSSR count). The molecule has 0 bridgehead atoms. The Labute approximate surface area is 94.6 Å². The molecule has 0 aromatic heterocycles. The molecular weight excluding hydrogens is 184 g/mol. The maximum absolute atomic E-state index is 5.25. The Morgan fingerprint density at radius 2 is 1.73 bits per heavy atom. The SMILES string of the molecule is C#CCCCN1CCN(C(C)(C)C)CC1. The molecule has 1 aliphatic heterocycles. The molecule has 0 spiro atoms. The van der Waals surface area contributed by atoms with E-state index < -0.39 is 0 Å². The van der Waals surface area contributed by atoms with E-state index in [0.717, 1.165) is 12.8 Å². The number of hydrogen-bond acceptors (Lipinski definition) is 2. The lowest BCUT2D eigenvalue weighted by Gasteiger charge is -2.42. The normalized spacial score (nSPS) is 20.1. The predicted octanol–water partition coefficient (Wildman–Crippen LogP) is 1.82. The summed E-state index contributed by atoms with van der Waals surface area (Å²) in [5.41, 5.74) is 0.324. The topological polar surface area (TPSA) is 6.48 Å². The maximum atomic E-state index is 5.25. The second kappa shape index (κ2) is 5.53. The highest BCUT2D eigenvalue weighted by Gasteiger charge is 2.25. The molecule has 1 heterocycles. The Bertz CT molecular complexity index is 214. The van der Waals surface area contributed by atoms with E-state index in [1.54, 1.807) is 0 Å². The third-order valence-electron chi connectivity index (χ3n) is 3.12. The number of unbranched alkanes of at least 4 members (excludes halogenated alkanes) is 1. The van der Waals surface area contributed by atoms with Crippen molar-refractivity contribution in [2.24, 2.45) is 0 Å². The zero-order valence-corrected chi connectivity index (χ0v) is 10.4. The van der Waals surface area contributed by atoms with E-state index >= 15 is 0 Å². The fourth-order valence-electron chi connectivity index (χ4n) is 2.05. The van der Waals surface area contributed by atoms with Crippen LogP contribution in [-0.4, -0.2) is 48.1 Å². The van der Waals surface area contributed by atoms with Gasteiger partial charge in [0, 0.05) is 38.1 Å². The van der Waals surface area contributed by atoms with Gasteiger partial charge in [0.2, 0.25) is 0 Å². The van der Waals surface area contributed by atoms with Crippen molar-refractivity contribution in [2.75, 3.05) is 32.7 Å². The second-order valence-corrected chi connectivity index (χ2v) is 5.31. The number of nitrogens with zero attached hydrogens (tertiary/aromatic N) is 2. The molecule has 0 atom stereocenters. The van der Waals surface area contributed by atoms with Crippen LogP contribution in [0.25, 0.3) is 0 Å². The first kappa shape index (κ1) is 12.5. The predicted molar refractivity (Wildman–Crippen MR) is 65.8 cm³/mol. The van der Waals surface area contributed by atoms with Gasteiger partial charge in [0.15, 0.2) is 0 Å². The third-order valence-corrected chi connectivity index (χ3v) is 3.12. The average Bonchev–Trinajstić information content (AvgIpc) is 2.18. The summed E-state index contributed by atoms with van der Waals surface area (Å²) in [5.74, 6) is 2.70. The minimum atomic E-state index is 0.324. The first-order valence-electron chi connectivity index (χ1n) is 5.95. The number of rotatable bonds is 3. The summed E-state index contributed by atoms with van der Waals surface area (Å²) in [5, 5.41) is 0. The molecule has 0 aliphatic carbocycles. The van der Waals surface area contributed by atoms with Crippen LogP contribution in [-0.2, 0) is 0 Å². The molecule has 2 heteroatoms. The van der Waals surface area contributed by atoms with Gasteiger partial charge in [0.1, 0.15) is 0 Å². The molecular formula is C13H24N2. The van der Waals surface area contributed by atoms with Crippen LogP contribution in [0, 0.1) is 12.3 Å². The van der Waals surface area contributed by atoms with Gasteiger partial charge in [0.05, 0.1) is 0 Å². The van der Waals surface area contributed by atoms with Gasteiger partial charge in [-0.2, -0.15) is 0 Å². The molecule has 0 aromatic carbocycles. The molecule has 0 saturated carbocycles. The number of piperazine rings is 1. The zero-order chi connectivity index (χ0) is 11.3. The Hall–Kier alpha value is -0.520. The fraction of sp³-hybridized carbons (Fsp3) is 0.846. The summed E-state index contributed by atoms with van der Waals surface area (Å²) in [7, 11) is 0. The molecule has 1 aliphatic rings. The van der Waals surface area contributed by atoms with E-state index in [0.29, 0.717) is 5.54 Å². The lowest BCUT2D eigenvalue weighted by atomic mass is 10.0. The highest BCUT2D eigenvalue weighted by atomic mass is 15.3. The first-order chi connectivity index (χ1) is 7.04. The molecule has 1 saturated heterocycles. The molecule has 0 N–H and O–H groups in total. The molecule has 15 heavy (non-hydrogen) atoms. The summed E-state index contributed by atoms with van der Waals surface area (Å²) in [6, 6.07) is 0. The lowest BCUT2D eigenvalue weighted by Crippen LogP contribution is -2.53. The van der Waals surface area contributed by atoms with Gasteiger partial charge < -0.3 is 4.90 Å². The van der Waals surface area contributed by atoms with Gasteiger partial charge in [-0.1, -0.05) is 0 Å². The summed E-state index contributed by atoms with van der Waals surface area (Å²) in [6.07, 6.45) is 7.31. The molecule has 0 unspecified atom stereocenters. The third kappa shape index (κ3) is 4.24. The van der Waals surface area contributed by atoms with Crippen molar-refractivity contribution in [3.63, 3.8) is 0 Å². The van der Waals surface area contributed by atoms with Crippen LogP contribution in [0.3, 0.4) is 0 Å². The van der Waals surface area contributed by atoms with Gasteiger partial charge in [-0.15, -0.1) is 12.3 Å². The molecule has 0 aromatic rings. The quantitative estimate of drug-likeness (QED) is 0.515. The Kier molecular flexibility index (Phi) is 4.63. The zero-order valence-electron chi connectivity index (χ0n) is 10.4. The number of hydrogen-bond donors (Lipinski definition) is 0. The van der Waals surface area contributed by atoms with Crippen molar-refractivity contribution in [3.8, 4) is 12.3 Å². The van der Waals surface area contributed by atoms with Crippen molar-refractivity contribution in [1.29, 1.82) is 0 Å². The van der Waals surface area contributed by atoms with Gasteiger partial charge in [-0.05, 0) is 33.7 Å². The smallest absolute Gasteiger partial charge is 0.0126 e. The van der Waals surface area contributed by atoms with Crippen molar-refractivity contribution in [1.82, 2.24) is 9.80 Å². The minimum Gasteiger partial charge on any atom is -0.301 e. The maximum Gasteiger partial charge on any atom is 0.0126 e. The van der Waals surface area contributed by atoms with Crippen molar-refractivity contribution < 1.29 is 0 Å². The van der Waals surface area contributed by atoms with Gasteiger partial charge in [-0.25, -0.2) is 0 Å². The van der Waals surface area contributed by atoms with Crippen LogP contribution in [0.5, 0.6) is 0 Å². The molecule has 1 fully saturated rings. The average molecular weight is 208 g/mol. The van der Waals surface area contributed by atoms with Crippen LogP contribution in [0.2, 0.25) is 0 Å². The molecule has 2 nitrogen and oxygen atoms in total. The van der Waals surface area contributed by atoms with Crippen molar-refractivity contribution >= 4 is 0 Å². The molecule has 0 radical (unpaired) electrons. The van der Waals surface area contributed by atoms with Crippen LogP contribution in [0.1, 0.15) is 33.6 Å². The summed E-state index contributed by atoms with van der Waals surface area (Å²) >= 11 is 0. The van der Waals surface area contributed by atoms with Crippen molar-refractivity contribution in [2.45, 2.75) is 39.2 Å². The highest BCUT2D eigenvalue weighted by molar-refractivity contribution is 4.85. The standard InChI is InChI=1S/C13H24N2/c1-5-6-7-8-14-9-11-15(12-10-14)13(2,3)4/h1H,6-12H2,2-4H3. The van der Waals surface area contributed by atoms with E-state index in [1.165, 1.54) is 32.7 Å². The van der Waals surface area contributed by atoms with E-state index in [1.807, 2.05) is 0 Å². The van der Waals surface area contributed by atoms with E-state index in [-0.39, 0.29) is 0 Å². The monoisotopic (exact) mass is 208 g/mol. The first-order valence-corrected chi connectivity index (χ1v) is 5.95. The van der Waals surface area contributed by atoms with Crippen LogP contribution in [0.4, 0.5) is 0 Å². The fourth-order valence-corrected chi connectivity index (χ4v) is 2.05. The van der Waals surface area contributed by atoms with Gasteiger partial charge in [0.25, 0.3) is 0 Å². The second-order valence-electron chi connectivity index (χ2n) is 5.31. The Morgan fingerprint density at radius 1 is 1.13 bits per heavy atom. The number of terminal acetylenes is 1. The summed E-state index contributed by atoms with van der Waals surface area (Å²) in [4.78, 5) is 5.09. The molecule has 86 valence electrons. The van der Waals surface area contributed by atoms with Crippen LogP contribution >= 0.6 is 0 Å². The minimum absolute atomic E-state index is 0.324. The van der Waals surface area contributed by atoms with Crippen LogP contribution < -0.4 is 0 Å². The highest BCUT2D eigenvalue weighted by Crippen LogP contribution is 2.15. The van der Waals surface area contributed by atoms with Crippen LogP contribution in [0.15, 0.2) is 0 Å². The Morgan fingerprint density at radius 3 is 2.20 bits per heavy atom. The Balaban J connectivity index is 2.22. The van der Waals surface area contributed by atoms with E-state index in [2.05, 4.69) is 36.5 Å². The molecule has 0 amide bonds.